The Morgan fingerprint density at radius 3 is 2.65 bits per heavy atom. The lowest BCUT2D eigenvalue weighted by Gasteiger charge is -2.06. The second-order valence-electron chi connectivity index (χ2n) is 4.18. The fourth-order valence-corrected chi connectivity index (χ4v) is 2.35. The van der Waals surface area contributed by atoms with Gasteiger partial charge >= 0.3 is 0 Å². The van der Waals surface area contributed by atoms with Crippen molar-refractivity contribution in [3.8, 4) is 0 Å². The van der Waals surface area contributed by atoms with Gasteiger partial charge in [0.05, 0.1) is 0 Å². The first kappa shape index (κ1) is 13.9. The molecule has 5 heteroatoms. The van der Waals surface area contributed by atoms with E-state index in [1.807, 2.05) is 31.2 Å². The molecule has 0 aliphatic heterocycles. The molecule has 0 spiro atoms. The van der Waals surface area contributed by atoms with Gasteiger partial charge in [-0.15, -0.1) is 4.83 Å². The van der Waals surface area contributed by atoms with Gasteiger partial charge in [0.1, 0.15) is 0 Å². The van der Waals surface area contributed by atoms with Crippen LogP contribution in [0.15, 0.2) is 35.2 Å². The Hall–Kier alpha value is -1.17. The number of nitrogens with one attached hydrogen (secondary N) is 2. The number of hydrogen-bond donors (Lipinski definition) is 2. The summed E-state index contributed by atoms with van der Waals surface area (Å²) in [5.74, 6) is 0. The van der Waals surface area contributed by atoms with Crippen LogP contribution in [0.25, 0.3) is 0 Å². The van der Waals surface area contributed by atoms with Gasteiger partial charge < -0.3 is 0 Å². The summed E-state index contributed by atoms with van der Waals surface area (Å²) in [4.78, 5) is 2.30. The third kappa shape index (κ3) is 5.63. The average Bonchev–Trinajstić information content (AvgIpc) is 2.15. The number of hydrogen-bond acceptors (Lipinski definition) is 3. The van der Waals surface area contributed by atoms with Crippen LogP contribution in [0.5, 0.6) is 0 Å². The third-order valence-electron chi connectivity index (χ3n) is 1.98. The first-order valence-corrected chi connectivity index (χ1v) is 6.89. The molecule has 0 fully saturated rings. The smallest absolute Gasteiger partial charge is 0.239 e. The lowest BCUT2D eigenvalue weighted by Crippen LogP contribution is -2.35. The van der Waals surface area contributed by atoms with E-state index in [0.717, 1.165) is 16.7 Å². The van der Waals surface area contributed by atoms with E-state index >= 15 is 0 Å². The van der Waals surface area contributed by atoms with Crippen LogP contribution in [0.2, 0.25) is 0 Å². The fraction of sp³-hybridized carbons (Fsp3) is 0.333. The van der Waals surface area contributed by atoms with Crippen LogP contribution < -0.4 is 10.3 Å². The summed E-state index contributed by atoms with van der Waals surface area (Å²) in [6.45, 7) is 5.92. The van der Waals surface area contributed by atoms with Crippen LogP contribution in [0, 0.1) is 6.92 Å². The van der Waals surface area contributed by atoms with Crippen LogP contribution in [0.3, 0.4) is 0 Å². The monoisotopic (exact) mass is 254 g/mol. The largest absolute Gasteiger partial charge is 0.246 e. The Kier molecular flexibility index (Phi) is 4.86. The molecule has 4 nitrogen and oxygen atoms in total. The molecule has 1 aromatic rings. The molecule has 0 saturated heterocycles. The summed E-state index contributed by atoms with van der Waals surface area (Å²) in [6, 6.07) is 7.88. The molecule has 0 unspecified atom stereocenters. The summed E-state index contributed by atoms with van der Waals surface area (Å²) in [5.41, 5.74) is 5.61. The third-order valence-corrected chi connectivity index (χ3v) is 3.19. The Bertz CT molecular complexity index is 503. The van der Waals surface area contributed by atoms with Crippen molar-refractivity contribution in [2.45, 2.75) is 27.3 Å². The summed E-state index contributed by atoms with van der Waals surface area (Å²) in [6.07, 6.45) is 0. The zero-order chi connectivity index (χ0) is 12.9. The predicted octanol–water partition coefficient (Wildman–Crippen LogP) is 1.84. The van der Waals surface area contributed by atoms with E-state index < -0.39 is 10.0 Å². The first-order chi connectivity index (χ1) is 7.89. The van der Waals surface area contributed by atoms with Gasteiger partial charge in [0, 0.05) is 12.0 Å². The lowest BCUT2D eigenvalue weighted by molar-refractivity contribution is 0.563. The van der Waals surface area contributed by atoms with Crippen LogP contribution in [-0.2, 0) is 16.6 Å². The molecule has 1 rings (SSSR count). The Morgan fingerprint density at radius 2 is 2.06 bits per heavy atom. The molecule has 0 aromatic heterocycles. The molecule has 0 atom stereocenters. The van der Waals surface area contributed by atoms with Crippen molar-refractivity contribution in [3.63, 3.8) is 0 Å². The molecule has 0 radical (unpaired) electrons. The van der Waals surface area contributed by atoms with Gasteiger partial charge in [0.15, 0.2) is 0 Å². The van der Waals surface area contributed by atoms with Crippen LogP contribution >= 0.6 is 0 Å². The highest BCUT2D eigenvalue weighted by molar-refractivity contribution is 7.92. The Labute approximate surface area is 103 Å². The number of allylic oxidation sites excluding steroid dienone is 1. The van der Waals surface area contributed by atoms with Gasteiger partial charge in [-0.1, -0.05) is 35.4 Å². The van der Waals surface area contributed by atoms with Crippen LogP contribution in [0.4, 0.5) is 0 Å². The van der Waals surface area contributed by atoms with Gasteiger partial charge in [0.25, 0.3) is 0 Å². The fourth-order valence-electron chi connectivity index (χ4n) is 1.40. The van der Waals surface area contributed by atoms with Crippen molar-refractivity contribution >= 4 is 10.0 Å². The van der Waals surface area contributed by atoms with Crippen molar-refractivity contribution in [2.24, 2.45) is 0 Å². The normalized spacial score (nSPS) is 11.2. The summed E-state index contributed by atoms with van der Waals surface area (Å²) >= 11 is 0. The zero-order valence-corrected chi connectivity index (χ0v) is 11.1. The minimum atomic E-state index is -3.38. The van der Waals surface area contributed by atoms with Gasteiger partial charge in [-0.05, 0) is 26.3 Å². The number of aryl methyl sites for hydroxylation is 1. The van der Waals surface area contributed by atoms with Crippen LogP contribution in [0.1, 0.15) is 25.0 Å². The number of sulfonamides is 1. The SMILES string of the molecule is CC(C)=CS(=O)(=O)NNCc1cccc(C)c1. The molecule has 94 valence electrons. The number of hydrazine groups is 1. The molecule has 0 aliphatic rings. The van der Waals surface area contributed by atoms with E-state index in [9.17, 15) is 8.42 Å². The Morgan fingerprint density at radius 1 is 1.35 bits per heavy atom. The second-order valence-corrected chi connectivity index (χ2v) is 5.71. The first-order valence-electron chi connectivity index (χ1n) is 5.34. The van der Waals surface area contributed by atoms with Crippen molar-refractivity contribution in [2.75, 3.05) is 0 Å². The van der Waals surface area contributed by atoms with E-state index in [-0.39, 0.29) is 0 Å². The van der Waals surface area contributed by atoms with Gasteiger partial charge in [-0.2, -0.15) is 0 Å². The minimum Gasteiger partial charge on any atom is -0.239 e. The highest BCUT2D eigenvalue weighted by Gasteiger charge is 2.04. The molecule has 0 saturated carbocycles. The van der Waals surface area contributed by atoms with Crippen molar-refractivity contribution < 1.29 is 8.42 Å². The van der Waals surface area contributed by atoms with Crippen molar-refractivity contribution in [3.05, 3.63) is 46.4 Å². The zero-order valence-electron chi connectivity index (χ0n) is 10.3. The molecule has 2 N–H and O–H groups in total. The molecule has 0 heterocycles. The maximum atomic E-state index is 11.4. The molecular formula is C12H18N2O2S. The average molecular weight is 254 g/mol. The maximum Gasteiger partial charge on any atom is 0.246 e. The minimum absolute atomic E-state index is 0.456. The molecular weight excluding hydrogens is 236 g/mol. The second kappa shape index (κ2) is 5.95. The maximum absolute atomic E-state index is 11.4. The molecule has 0 amide bonds. The van der Waals surface area contributed by atoms with Gasteiger partial charge in [0.2, 0.25) is 10.0 Å². The lowest BCUT2D eigenvalue weighted by atomic mass is 10.1. The molecule has 0 bridgehead atoms. The molecule has 1 aromatic carbocycles. The van der Waals surface area contributed by atoms with Gasteiger partial charge in [-0.25, -0.2) is 13.8 Å². The highest BCUT2D eigenvalue weighted by atomic mass is 32.2. The van der Waals surface area contributed by atoms with Gasteiger partial charge in [-0.3, -0.25) is 0 Å². The highest BCUT2D eigenvalue weighted by Crippen LogP contribution is 2.03. The summed E-state index contributed by atoms with van der Waals surface area (Å²) < 4.78 is 22.9. The number of rotatable bonds is 5. The quantitative estimate of drug-likeness (QED) is 0.788. The van der Waals surface area contributed by atoms with Crippen molar-refractivity contribution in [1.29, 1.82) is 0 Å². The summed E-state index contributed by atoms with van der Waals surface area (Å²) in [7, 11) is -3.38. The molecule has 0 aliphatic carbocycles. The standard InChI is InChI=1S/C12H18N2O2S/c1-10(2)9-17(15,16)14-13-8-12-6-4-5-11(3)7-12/h4-7,9,13-14H,8H2,1-3H3. The number of benzene rings is 1. The molecule has 17 heavy (non-hydrogen) atoms. The van der Waals surface area contributed by atoms with Crippen LogP contribution in [-0.4, -0.2) is 8.42 Å². The van der Waals surface area contributed by atoms with E-state index in [1.54, 1.807) is 13.8 Å². The summed E-state index contributed by atoms with van der Waals surface area (Å²) in [5, 5.41) is 1.19. The van der Waals surface area contributed by atoms with Crippen molar-refractivity contribution in [1.82, 2.24) is 10.3 Å². The van der Waals surface area contributed by atoms with E-state index in [0.29, 0.717) is 6.54 Å². The predicted molar refractivity (Wildman–Crippen MR) is 69.5 cm³/mol. The van der Waals surface area contributed by atoms with E-state index in [2.05, 4.69) is 10.3 Å². The van der Waals surface area contributed by atoms with E-state index in [1.165, 1.54) is 5.41 Å². The van der Waals surface area contributed by atoms with E-state index in [4.69, 9.17) is 0 Å². The Balaban J connectivity index is 2.51. The topological polar surface area (TPSA) is 58.2 Å².